The first-order chi connectivity index (χ1) is 14.7. The van der Waals surface area contributed by atoms with Crippen LogP contribution in [0.5, 0.6) is 11.5 Å². The molecule has 6 nitrogen and oxygen atoms in total. The van der Waals surface area contributed by atoms with E-state index in [0.29, 0.717) is 13.0 Å². The lowest BCUT2D eigenvalue weighted by atomic mass is 9.83. The van der Waals surface area contributed by atoms with Gasteiger partial charge in [0, 0.05) is 37.9 Å². The van der Waals surface area contributed by atoms with Crippen molar-refractivity contribution in [1.29, 1.82) is 0 Å². The number of hydrogen-bond acceptors (Lipinski definition) is 5. The van der Waals surface area contributed by atoms with Gasteiger partial charge in [0.05, 0.1) is 31.9 Å². The summed E-state index contributed by atoms with van der Waals surface area (Å²) in [6, 6.07) is 14.3. The molecule has 2 heterocycles. The summed E-state index contributed by atoms with van der Waals surface area (Å²) in [5.74, 6) is 1.64. The fourth-order valence-corrected chi connectivity index (χ4v) is 4.62. The van der Waals surface area contributed by atoms with E-state index in [0.717, 1.165) is 36.8 Å². The molecule has 1 N–H and O–H groups in total. The lowest BCUT2D eigenvalue weighted by Gasteiger charge is -2.49. The molecule has 2 atom stereocenters. The molecule has 0 radical (unpaired) electrons. The Balaban J connectivity index is 1.68. The van der Waals surface area contributed by atoms with Crippen molar-refractivity contribution in [3.05, 3.63) is 60.7 Å². The summed E-state index contributed by atoms with van der Waals surface area (Å²) in [5, 5.41) is 3.01. The third-order valence-electron chi connectivity index (χ3n) is 6.11. The summed E-state index contributed by atoms with van der Waals surface area (Å²) in [5.41, 5.74) is 3.43. The maximum Gasteiger partial charge on any atom is 0.225 e. The summed E-state index contributed by atoms with van der Waals surface area (Å²) >= 11 is 0. The number of nitrogens with one attached hydrogen (secondary N) is 1. The molecule has 1 amide bonds. The monoisotopic (exact) mass is 407 g/mol. The van der Waals surface area contributed by atoms with Crippen LogP contribution < -0.4 is 24.6 Å². The number of carbonyl (C=O) groups is 1. The fourth-order valence-electron chi connectivity index (χ4n) is 4.62. The number of amides is 1. The first-order valence-electron chi connectivity index (χ1n) is 10.4. The van der Waals surface area contributed by atoms with E-state index >= 15 is 0 Å². The molecule has 0 saturated carbocycles. The van der Waals surface area contributed by atoms with Crippen molar-refractivity contribution >= 4 is 17.3 Å². The first-order valence-corrected chi connectivity index (χ1v) is 10.4. The second-order valence-electron chi connectivity index (χ2n) is 7.72. The second kappa shape index (κ2) is 8.69. The van der Waals surface area contributed by atoms with Crippen molar-refractivity contribution in [2.45, 2.75) is 12.5 Å². The summed E-state index contributed by atoms with van der Waals surface area (Å²) < 4.78 is 11.1. The van der Waals surface area contributed by atoms with Crippen molar-refractivity contribution in [2.75, 3.05) is 50.2 Å². The number of para-hydroxylation sites is 2. The van der Waals surface area contributed by atoms with Crippen molar-refractivity contribution in [3.8, 4) is 11.5 Å². The van der Waals surface area contributed by atoms with Crippen LogP contribution in [0.2, 0.25) is 0 Å². The van der Waals surface area contributed by atoms with Gasteiger partial charge in [-0.25, -0.2) is 0 Å². The number of ether oxygens (including phenoxy) is 2. The molecule has 0 aromatic heterocycles. The summed E-state index contributed by atoms with van der Waals surface area (Å²) in [6.45, 7) is 6.64. The molecule has 2 aromatic rings. The molecule has 2 unspecified atom stereocenters. The van der Waals surface area contributed by atoms with Gasteiger partial charge in [-0.2, -0.15) is 0 Å². The van der Waals surface area contributed by atoms with Gasteiger partial charge < -0.3 is 24.6 Å². The lowest BCUT2D eigenvalue weighted by Crippen LogP contribution is -2.61. The normalized spacial score (nSPS) is 20.1. The number of piperazine rings is 1. The molecule has 0 spiro atoms. The standard InChI is InChI=1S/C24H29N3O3/c1-4-11-25-24(28)19-14-17-9-10-18(29-2)15-21(17)27-13-12-26(16-22(19)27)20-7-5-6-8-23(20)30-3/h4-10,15,19,22H,1,11-14,16H2,2-3H3,(H,25,28). The molecule has 158 valence electrons. The van der Waals surface area contributed by atoms with Gasteiger partial charge in [-0.05, 0) is 30.2 Å². The van der Waals surface area contributed by atoms with Crippen LogP contribution in [0, 0.1) is 5.92 Å². The molecular weight excluding hydrogens is 378 g/mol. The molecule has 2 aliphatic rings. The van der Waals surface area contributed by atoms with Crippen molar-refractivity contribution in [1.82, 2.24) is 5.32 Å². The number of hydrogen-bond donors (Lipinski definition) is 1. The number of benzene rings is 2. The number of rotatable bonds is 6. The van der Waals surface area contributed by atoms with Crippen LogP contribution in [0.1, 0.15) is 5.56 Å². The zero-order valence-corrected chi connectivity index (χ0v) is 17.6. The van der Waals surface area contributed by atoms with E-state index in [2.05, 4.69) is 39.9 Å². The Morgan fingerprint density at radius 1 is 1.17 bits per heavy atom. The van der Waals surface area contributed by atoms with E-state index in [-0.39, 0.29) is 17.9 Å². The highest BCUT2D eigenvalue weighted by atomic mass is 16.5. The molecular formula is C24H29N3O3. The van der Waals surface area contributed by atoms with E-state index in [1.54, 1.807) is 20.3 Å². The molecule has 0 bridgehead atoms. The van der Waals surface area contributed by atoms with Gasteiger partial charge in [-0.3, -0.25) is 4.79 Å². The Kier molecular flexibility index (Phi) is 5.84. The van der Waals surface area contributed by atoms with Gasteiger partial charge in [0.2, 0.25) is 5.91 Å². The van der Waals surface area contributed by atoms with Crippen molar-refractivity contribution in [3.63, 3.8) is 0 Å². The number of methoxy groups -OCH3 is 2. The molecule has 0 aliphatic carbocycles. The number of nitrogens with zero attached hydrogens (tertiary/aromatic N) is 2. The number of carbonyl (C=O) groups excluding carboxylic acids is 1. The third-order valence-corrected chi connectivity index (χ3v) is 6.11. The highest BCUT2D eigenvalue weighted by molar-refractivity contribution is 5.82. The Morgan fingerprint density at radius 3 is 2.77 bits per heavy atom. The van der Waals surface area contributed by atoms with Crippen molar-refractivity contribution < 1.29 is 14.3 Å². The topological polar surface area (TPSA) is 54.0 Å². The Bertz CT molecular complexity index is 930. The van der Waals surface area contributed by atoms with Crippen molar-refractivity contribution in [2.24, 2.45) is 5.92 Å². The smallest absolute Gasteiger partial charge is 0.225 e. The van der Waals surface area contributed by atoms with E-state index in [9.17, 15) is 4.79 Å². The van der Waals surface area contributed by atoms with E-state index < -0.39 is 0 Å². The molecule has 6 heteroatoms. The van der Waals surface area contributed by atoms with Crippen LogP contribution in [-0.4, -0.2) is 52.3 Å². The van der Waals surface area contributed by atoms with Crippen LogP contribution in [0.15, 0.2) is 55.1 Å². The van der Waals surface area contributed by atoms with Crippen LogP contribution in [-0.2, 0) is 11.2 Å². The van der Waals surface area contributed by atoms with Gasteiger partial charge in [-0.1, -0.05) is 24.3 Å². The maximum atomic E-state index is 13.1. The lowest BCUT2D eigenvalue weighted by molar-refractivity contribution is -0.125. The van der Waals surface area contributed by atoms with Crippen LogP contribution in [0.4, 0.5) is 11.4 Å². The highest BCUT2D eigenvalue weighted by Crippen LogP contribution is 2.40. The molecule has 2 aromatic carbocycles. The quantitative estimate of drug-likeness (QED) is 0.747. The summed E-state index contributed by atoms with van der Waals surface area (Å²) in [4.78, 5) is 17.8. The fraction of sp³-hybridized carbons (Fsp3) is 0.375. The second-order valence-corrected chi connectivity index (χ2v) is 7.72. The van der Waals surface area contributed by atoms with Gasteiger partial charge in [0.1, 0.15) is 11.5 Å². The Hall–Kier alpha value is -3.15. The number of fused-ring (bicyclic) bond motifs is 3. The minimum atomic E-state index is -0.136. The number of anilines is 2. The average Bonchev–Trinajstić information content (AvgIpc) is 2.81. The minimum absolute atomic E-state index is 0.0630. The van der Waals surface area contributed by atoms with Gasteiger partial charge in [-0.15, -0.1) is 6.58 Å². The van der Waals surface area contributed by atoms with Gasteiger partial charge in [0.15, 0.2) is 0 Å². The maximum absolute atomic E-state index is 13.1. The summed E-state index contributed by atoms with van der Waals surface area (Å²) in [6.07, 6.45) is 2.43. The largest absolute Gasteiger partial charge is 0.497 e. The molecule has 1 fully saturated rings. The predicted molar refractivity (Wildman–Crippen MR) is 120 cm³/mol. The van der Waals surface area contributed by atoms with Crippen LogP contribution in [0.3, 0.4) is 0 Å². The minimum Gasteiger partial charge on any atom is -0.497 e. The van der Waals surface area contributed by atoms with E-state index in [4.69, 9.17) is 9.47 Å². The zero-order valence-electron chi connectivity index (χ0n) is 17.6. The SMILES string of the molecule is C=CCNC(=O)C1Cc2ccc(OC)cc2N2CCN(c3ccccc3OC)CC12. The van der Waals surface area contributed by atoms with Gasteiger partial charge >= 0.3 is 0 Å². The van der Waals surface area contributed by atoms with Crippen LogP contribution >= 0.6 is 0 Å². The highest BCUT2D eigenvalue weighted by Gasteiger charge is 2.42. The third kappa shape index (κ3) is 3.70. The molecule has 30 heavy (non-hydrogen) atoms. The predicted octanol–water partition coefficient (Wildman–Crippen LogP) is 2.87. The van der Waals surface area contributed by atoms with Gasteiger partial charge in [0.25, 0.3) is 0 Å². The molecule has 2 aliphatic heterocycles. The van der Waals surface area contributed by atoms with Crippen LogP contribution in [0.25, 0.3) is 0 Å². The molecule has 1 saturated heterocycles. The van der Waals surface area contributed by atoms with E-state index in [1.807, 2.05) is 24.3 Å². The summed E-state index contributed by atoms with van der Waals surface area (Å²) in [7, 11) is 3.39. The molecule has 4 rings (SSSR count). The zero-order chi connectivity index (χ0) is 21.1. The average molecular weight is 408 g/mol. The Labute approximate surface area is 178 Å². The first kappa shape index (κ1) is 20.1. The van der Waals surface area contributed by atoms with E-state index in [1.165, 1.54) is 11.3 Å². The Morgan fingerprint density at radius 2 is 2.00 bits per heavy atom.